The van der Waals surface area contributed by atoms with Gasteiger partial charge in [0.1, 0.15) is 5.60 Å². The Labute approximate surface area is 182 Å². The highest BCUT2D eigenvalue weighted by molar-refractivity contribution is 6.62. The third-order valence-corrected chi connectivity index (χ3v) is 5.03. The van der Waals surface area contributed by atoms with Crippen LogP contribution >= 0.6 is 0 Å². The minimum Gasteiger partial charge on any atom is -0.444 e. The number of hydrogen-bond acceptors (Lipinski definition) is 5. The molecule has 0 atom stereocenters. The molecule has 1 saturated heterocycles. The molecule has 1 amide bonds. The number of carbonyl (C=O) groups excluding carboxylic acids is 1. The van der Waals surface area contributed by atoms with Crippen molar-refractivity contribution in [3.63, 3.8) is 0 Å². The summed E-state index contributed by atoms with van der Waals surface area (Å²) < 4.78 is 17.4. The van der Waals surface area contributed by atoms with Crippen molar-refractivity contribution in [2.45, 2.75) is 78.2 Å². The lowest BCUT2D eigenvalue weighted by Crippen LogP contribution is -2.41. The fourth-order valence-corrected chi connectivity index (χ4v) is 2.72. The molecular formula is C23H39BN2O4. The summed E-state index contributed by atoms with van der Waals surface area (Å²) in [6, 6.07) is 8.30. The van der Waals surface area contributed by atoms with Crippen molar-refractivity contribution < 1.29 is 18.8 Å². The van der Waals surface area contributed by atoms with Crippen molar-refractivity contribution in [2.75, 3.05) is 13.1 Å². The first-order valence-electron chi connectivity index (χ1n) is 10.5. The van der Waals surface area contributed by atoms with Crippen molar-refractivity contribution in [2.24, 2.45) is 0 Å². The Morgan fingerprint density at radius 2 is 1.57 bits per heavy atom. The summed E-state index contributed by atoms with van der Waals surface area (Å²) in [4.78, 5) is 11.6. The first kappa shape index (κ1) is 26.2. The monoisotopic (exact) mass is 418 g/mol. The van der Waals surface area contributed by atoms with E-state index >= 15 is 0 Å². The predicted octanol–water partition coefficient (Wildman–Crippen LogP) is 3.79. The van der Waals surface area contributed by atoms with Gasteiger partial charge in [-0.05, 0) is 72.5 Å². The van der Waals surface area contributed by atoms with Gasteiger partial charge in [0, 0.05) is 13.1 Å². The number of ether oxygens (including phenoxy) is 1. The number of nitrogens with one attached hydrogen (secondary N) is 2. The number of rotatable bonds is 7. The summed E-state index contributed by atoms with van der Waals surface area (Å²) in [5.74, 6) is 0. The van der Waals surface area contributed by atoms with Gasteiger partial charge in [-0.1, -0.05) is 24.3 Å². The van der Waals surface area contributed by atoms with Crippen LogP contribution in [-0.4, -0.2) is 43.1 Å². The standard InChI is InChI=1S/C21H35BN2O4.C2H4/c1-19(2,3)26-18(25)24-14-8-13-23-15-16-9-11-17(12-10-16)22-27-20(4,5)21(6,7)28-22;1-2/h9-12,23H,8,13-15H2,1-7H3,(H,24,25);1-2H2. The minimum absolute atomic E-state index is 0.328. The van der Waals surface area contributed by atoms with E-state index in [4.69, 9.17) is 14.0 Å². The molecule has 0 aromatic heterocycles. The molecule has 0 spiro atoms. The molecule has 7 heteroatoms. The largest absolute Gasteiger partial charge is 0.494 e. The summed E-state index contributed by atoms with van der Waals surface area (Å²) in [5.41, 5.74) is 1.11. The maximum Gasteiger partial charge on any atom is 0.494 e. The van der Waals surface area contributed by atoms with Crippen molar-refractivity contribution >= 4 is 18.7 Å². The third kappa shape index (κ3) is 8.13. The predicted molar refractivity (Wildman–Crippen MR) is 124 cm³/mol. The smallest absolute Gasteiger partial charge is 0.444 e. The second-order valence-electron chi connectivity index (χ2n) is 9.29. The van der Waals surface area contributed by atoms with Crippen LogP contribution in [0, 0.1) is 0 Å². The zero-order valence-electron chi connectivity index (χ0n) is 19.8. The van der Waals surface area contributed by atoms with Gasteiger partial charge in [-0.25, -0.2) is 4.79 Å². The van der Waals surface area contributed by atoms with E-state index in [-0.39, 0.29) is 24.4 Å². The molecule has 0 radical (unpaired) electrons. The lowest BCUT2D eigenvalue weighted by Gasteiger charge is -2.32. The van der Waals surface area contributed by atoms with Gasteiger partial charge in [0.05, 0.1) is 11.2 Å². The van der Waals surface area contributed by atoms with E-state index < -0.39 is 5.60 Å². The number of carbonyl (C=O) groups is 1. The quantitative estimate of drug-likeness (QED) is 0.401. The normalized spacial score (nSPS) is 17.1. The van der Waals surface area contributed by atoms with Gasteiger partial charge in [-0.2, -0.15) is 0 Å². The van der Waals surface area contributed by atoms with E-state index in [1.165, 1.54) is 5.56 Å². The second kappa shape index (κ2) is 11.0. The lowest BCUT2D eigenvalue weighted by molar-refractivity contribution is 0.00578. The molecule has 2 N–H and O–H groups in total. The molecule has 168 valence electrons. The average Bonchev–Trinajstić information content (AvgIpc) is 2.86. The average molecular weight is 418 g/mol. The van der Waals surface area contributed by atoms with Gasteiger partial charge in [0.2, 0.25) is 0 Å². The Morgan fingerprint density at radius 1 is 1.03 bits per heavy atom. The van der Waals surface area contributed by atoms with Gasteiger partial charge in [0.25, 0.3) is 0 Å². The molecular weight excluding hydrogens is 379 g/mol. The van der Waals surface area contributed by atoms with E-state index in [1.807, 2.05) is 20.8 Å². The molecule has 30 heavy (non-hydrogen) atoms. The first-order valence-corrected chi connectivity index (χ1v) is 10.5. The maximum absolute atomic E-state index is 11.6. The van der Waals surface area contributed by atoms with E-state index in [1.54, 1.807) is 0 Å². The van der Waals surface area contributed by atoms with Gasteiger partial charge < -0.3 is 24.7 Å². The molecule has 1 fully saturated rings. The van der Waals surface area contributed by atoms with Crippen LogP contribution in [0.1, 0.15) is 60.5 Å². The van der Waals surface area contributed by atoms with E-state index in [9.17, 15) is 4.79 Å². The molecule has 0 aliphatic carbocycles. The number of hydrogen-bond donors (Lipinski definition) is 2. The summed E-state index contributed by atoms with van der Waals surface area (Å²) in [7, 11) is -0.328. The zero-order valence-corrected chi connectivity index (χ0v) is 19.8. The van der Waals surface area contributed by atoms with Crippen LogP contribution in [0.25, 0.3) is 0 Å². The maximum atomic E-state index is 11.6. The summed E-state index contributed by atoms with van der Waals surface area (Å²) in [6.45, 7) is 22.0. The number of amides is 1. The van der Waals surface area contributed by atoms with Crippen molar-refractivity contribution in [1.29, 1.82) is 0 Å². The Kier molecular flexibility index (Phi) is 9.59. The molecule has 0 saturated carbocycles. The van der Waals surface area contributed by atoms with Crippen LogP contribution in [-0.2, 0) is 20.6 Å². The molecule has 1 aromatic rings. The molecule has 1 aliphatic rings. The van der Waals surface area contributed by atoms with E-state index in [2.05, 4.69) is 75.8 Å². The van der Waals surface area contributed by atoms with E-state index in [0.717, 1.165) is 25.0 Å². The Morgan fingerprint density at radius 3 is 2.07 bits per heavy atom. The molecule has 6 nitrogen and oxygen atoms in total. The molecule has 1 heterocycles. The number of alkyl carbamates (subject to hydrolysis) is 1. The first-order chi connectivity index (χ1) is 13.9. The second-order valence-corrected chi connectivity index (χ2v) is 9.29. The SMILES string of the molecule is C=C.CC(C)(C)OC(=O)NCCCNCc1ccc(B2OC(C)(C)C(C)(C)O2)cc1. The van der Waals surface area contributed by atoms with Gasteiger partial charge in [-0.3, -0.25) is 0 Å². The van der Waals surface area contributed by atoms with E-state index in [0.29, 0.717) is 6.54 Å². The minimum atomic E-state index is -0.464. The van der Waals surface area contributed by atoms with Crippen molar-refractivity contribution in [3.8, 4) is 0 Å². The molecule has 1 aromatic carbocycles. The van der Waals surface area contributed by atoms with Gasteiger partial charge in [-0.15, -0.1) is 13.2 Å². The fourth-order valence-electron chi connectivity index (χ4n) is 2.72. The topological polar surface area (TPSA) is 68.8 Å². The zero-order chi connectivity index (χ0) is 23.0. The van der Waals surface area contributed by atoms with Crippen molar-refractivity contribution in [1.82, 2.24) is 10.6 Å². The van der Waals surface area contributed by atoms with Gasteiger partial charge in [0.15, 0.2) is 0 Å². The fraction of sp³-hybridized carbons (Fsp3) is 0.609. The Balaban J connectivity index is 0.00000218. The van der Waals surface area contributed by atoms with Crippen LogP contribution in [0.3, 0.4) is 0 Å². The summed E-state index contributed by atoms with van der Waals surface area (Å²) >= 11 is 0. The Bertz CT molecular complexity index is 653. The summed E-state index contributed by atoms with van der Waals surface area (Å²) in [5, 5.41) is 6.15. The van der Waals surface area contributed by atoms with Crippen LogP contribution in [0.5, 0.6) is 0 Å². The van der Waals surface area contributed by atoms with Gasteiger partial charge >= 0.3 is 13.2 Å². The highest BCUT2D eigenvalue weighted by Crippen LogP contribution is 2.36. The van der Waals surface area contributed by atoms with Crippen LogP contribution in [0.2, 0.25) is 0 Å². The van der Waals surface area contributed by atoms with Crippen molar-refractivity contribution in [3.05, 3.63) is 43.0 Å². The molecule has 0 bridgehead atoms. The number of benzene rings is 1. The highest BCUT2D eigenvalue weighted by atomic mass is 16.7. The molecule has 2 rings (SSSR count). The highest BCUT2D eigenvalue weighted by Gasteiger charge is 2.51. The Hall–Kier alpha value is -1.83. The third-order valence-electron chi connectivity index (χ3n) is 5.03. The van der Waals surface area contributed by atoms with Crippen LogP contribution in [0.15, 0.2) is 37.4 Å². The summed E-state index contributed by atoms with van der Waals surface area (Å²) in [6.07, 6.45) is 0.469. The molecule has 0 unspecified atom stereocenters. The van der Waals surface area contributed by atoms with Crippen LogP contribution < -0.4 is 16.1 Å². The molecule has 1 aliphatic heterocycles. The lowest BCUT2D eigenvalue weighted by atomic mass is 9.79. The van der Waals surface area contributed by atoms with Crippen LogP contribution in [0.4, 0.5) is 4.79 Å².